The highest BCUT2D eigenvalue weighted by atomic mass is 16.5. The predicted octanol–water partition coefficient (Wildman–Crippen LogP) is 13.1. The lowest BCUT2D eigenvalue weighted by molar-refractivity contribution is -0.150. The summed E-state index contributed by atoms with van der Waals surface area (Å²) in [7, 11) is 4.01. The zero-order valence-corrected chi connectivity index (χ0v) is 36.2. The normalized spacial score (nSPS) is 11.7. The molecule has 53 heavy (non-hydrogen) atoms. The van der Waals surface area contributed by atoms with E-state index in [4.69, 9.17) is 14.2 Å². The van der Waals surface area contributed by atoms with Crippen molar-refractivity contribution in [1.82, 2.24) is 4.90 Å². The van der Waals surface area contributed by atoms with Crippen molar-refractivity contribution in [3.63, 3.8) is 0 Å². The number of esters is 3. The summed E-state index contributed by atoms with van der Waals surface area (Å²) in [5.41, 5.74) is 0. The minimum Gasteiger partial charge on any atom is -0.465 e. The molecule has 0 aliphatic carbocycles. The van der Waals surface area contributed by atoms with E-state index in [0.29, 0.717) is 38.7 Å². The van der Waals surface area contributed by atoms with Gasteiger partial charge in [0, 0.05) is 19.3 Å². The zero-order chi connectivity index (χ0) is 39.2. The minimum absolute atomic E-state index is 0.0205. The van der Waals surface area contributed by atoms with Crippen molar-refractivity contribution in [2.45, 2.75) is 245 Å². The Morgan fingerprint density at radius 2 is 0.755 bits per heavy atom. The summed E-state index contributed by atoms with van der Waals surface area (Å²) in [5, 5.41) is 0. The molecule has 0 radical (unpaired) electrons. The van der Waals surface area contributed by atoms with E-state index in [1.807, 2.05) is 14.1 Å². The van der Waals surface area contributed by atoms with Gasteiger partial charge in [-0.2, -0.15) is 0 Å². The standard InChI is InChI=1S/C46H89NO6/c1-7-11-15-19-23-32-42(33-24-20-16-12-8-2)52-45(49)36-27-30-41(40-51-44(48)38-29-39-47(5)6)31-28-37-46(50)53-43(34-25-21-17-13-9-3)35-26-22-18-14-10-4/h41-43H,7-40H2,1-6H3. The molecule has 0 aromatic heterocycles. The van der Waals surface area contributed by atoms with Crippen LogP contribution in [0, 0.1) is 5.92 Å². The molecule has 0 bridgehead atoms. The number of carbonyl (C=O) groups is 3. The molecule has 0 aliphatic heterocycles. The molecule has 0 aliphatic rings. The van der Waals surface area contributed by atoms with Crippen LogP contribution < -0.4 is 0 Å². The Kier molecular flexibility index (Phi) is 37.4. The van der Waals surface area contributed by atoms with Crippen molar-refractivity contribution in [3.05, 3.63) is 0 Å². The maximum Gasteiger partial charge on any atom is 0.306 e. The maximum atomic E-state index is 13.0. The first-order chi connectivity index (χ1) is 25.7. The summed E-state index contributed by atoms with van der Waals surface area (Å²) in [6.07, 6.45) is 33.1. The van der Waals surface area contributed by atoms with Crippen LogP contribution >= 0.6 is 0 Å². The van der Waals surface area contributed by atoms with Gasteiger partial charge in [-0.3, -0.25) is 14.4 Å². The molecule has 7 nitrogen and oxygen atoms in total. The van der Waals surface area contributed by atoms with Crippen LogP contribution in [0.15, 0.2) is 0 Å². The lowest BCUT2D eigenvalue weighted by atomic mass is 9.96. The predicted molar refractivity (Wildman–Crippen MR) is 223 cm³/mol. The molecule has 0 rings (SSSR count). The molecule has 0 atom stereocenters. The number of hydrogen-bond acceptors (Lipinski definition) is 7. The van der Waals surface area contributed by atoms with Gasteiger partial charge >= 0.3 is 17.9 Å². The van der Waals surface area contributed by atoms with E-state index in [9.17, 15) is 14.4 Å². The Morgan fingerprint density at radius 1 is 0.415 bits per heavy atom. The van der Waals surface area contributed by atoms with Crippen molar-refractivity contribution in [2.75, 3.05) is 27.2 Å². The molecule has 7 heteroatoms. The fourth-order valence-electron chi connectivity index (χ4n) is 7.12. The van der Waals surface area contributed by atoms with E-state index in [2.05, 4.69) is 32.6 Å². The molecule has 314 valence electrons. The van der Waals surface area contributed by atoms with Crippen LogP contribution in [0.3, 0.4) is 0 Å². The molecule has 0 aromatic carbocycles. The molecule has 0 aromatic rings. The Hall–Kier alpha value is -1.63. The average Bonchev–Trinajstić information content (AvgIpc) is 3.12. The minimum atomic E-state index is -0.169. The third-order valence-electron chi connectivity index (χ3n) is 10.6. The molecular weight excluding hydrogens is 663 g/mol. The highest BCUT2D eigenvalue weighted by Crippen LogP contribution is 2.22. The van der Waals surface area contributed by atoms with Gasteiger partial charge in [0.25, 0.3) is 0 Å². The van der Waals surface area contributed by atoms with E-state index in [1.54, 1.807) is 0 Å². The molecular formula is C46H89NO6. The molecule has 0 spiro atoms. The van der Waals surface area contributed by atoms with Gasteiger partial charge in [0.05, 0.1) is 6.61 Å². The topological polar surface area (TPSA) is 82.1 Å². The number of unbranched alkanes of at least 4 members (excludes halogenated alkanes) is 16. The fourth-order valence-corrected chi connectivity index (χ4v) is 7.12. The van der Waals surface area contributed by atoms with Crippen molar-refractivity contribution in [1.29, 1.82) is 0 Å². The zero-order valence-electron chi connectivity index (χ0n) is 36.2. The summed E-state index contributed by atoms with van der Waals surface area (Å²) in [6, 6.07) is 0. The summed E-state index contributed by atoms with van der Waals surface area (Å²) < 4.78 is 17.9. The summed E-state index contributed by atoms with van der Waals surface area (Å²) in [5.74, 6) is -0.266. The Bertz CT molecular complexity index is 753. The molecule has 0 unspecified atom stereocenters. The van der Waals surface area contributed by atoms with E-state index < -0.39 is 0 Å². The molecule has 0 fully saturated rings. The Balaban J connectivity index is 5.08. The van der Waals surface area contributed by atoms with Gasteiger partial charge in [0.15, 0.2) is 0 Å². The van der Waals surface area contributed by atoms with Crippen LogP contribution in [0.25, 0.3) is 0 Å². The number of carbonyl (C=O) groups excluding carboxylic acids is 3. The second kappa shape index (κ2) is 38.6. The van der Waals surface area contributed by atoms with Crippen LogP contribution in [0.5, 0.6) is 0 Å². The van der Waals surface area contributed by atoms with Gasteiger partial charge in [0.1, 0.15) is 12.2 Å². The van der Waals surface area contributed by atoms with Crippen molar-refractivity contribution in [2.24, 2.45) is 5.92 Å². The van der Waals surface area contributed by atoms with Crippen molar-refractivity contribution in [3.8, 4) is 0 Å². The SMILES string of the molecule is CCCCCCCC(CCCCCCC)OC(=O)CCCC(CCCC(=O)OC(CCCCCCC)CCCCCCC)COC(=O)CCCN(C)C. The molecule has 0 saturated carbocycles. The summed E-state index contributed by atoms with van der Waals surface area (Å²) >= 11 is 0. The maximum absolute atomic E-state index is 13.0. The fraction of sp³-hybridized carbons (Fsp3) is 0.935. The van der Waals surface area contributed by atoms with Crippen LogP contribution in [0.2, 0.25) is 0 Å². The van der Waals surface area contributed by atoms with E-state index in [-0.39, 0.29) is 36.0 Å². The first kappa shape index (κ1) is 51.4. The smallest absolute Gasteiger partial charge is 0.306 e. The van der Waals surface area contributed by atoms with Crippen LogP contribution in [0.4, 0.5) is 0 Å². The Labute approximate surface area is 329 Å². The molecule has 0 amide bonds. The number of rotatable bonds is 40. The van der Waals surface area contributed by atoms with Crippen LogP contribution in [0.1, 0.15) is 233 Å². The van der Waals surface area contributed by atoms with Crippen LogP contribution in [-0.4, -0.2) is 62.3 Å². The molecule has 0 saturated heterocycles. The largest absolute Gasteiger partial charge is 0.465 e. The number of nitrogens with zero attached hydrogens (tertiary/aromatic N) is 1. The summed E-state index contributed by atoms with van der Waals surface area (Å²) in [6.45, 7) is 10.1. The third kappa shape index (κ3) is 35.8. The molecule has 0 heterocycles. The van der Waals surface area contributed by atoms with E-state index in [0.717, 1.165) is 77.2 Å². The number of hydrogen-bond donors (Lipinski definition) is 0. The highest BCUT2D eigenvalue weighted by molar-refractivity contribution is 5.70. The lowest BCUT2D eigenvalue weighted by Crippen LogP contribution is -2.20. The number of ether oxygens (including phenoxy) is 3. The van der Waals surface area contributed by atoms with Gasteiger partial charge < -0.3 is 19.1 Å². The van der Waals surface area contributed by atoms with Crippen molar-refractivity contribution < 1.29 is 28.6 Å². The van der Waals surface area contributed by atoms with Gasteiger partial charge in [-0.05, 0) is 110 Å². The summed E-state index contributed by atoms with van der Waals surface area (Å²) in [4.78, 5) is 40.7. The molecule has 0 N–H and O–H groups in total. The van der Waals surface area contributed by atoms with Gasteiger partial charge in [0.2, 0.25) is 0 Å². The first-order valence-electron chi connectivity index (χ1n) is 22.9. The lowest BCUT2D eigenvalue weighted by Gasteiger charge is -2.20. The van der Waals surface area contributed by atoms with E-state index >= 15 is 0 Å². The monoisotopic (exact) mass is 752 g/mol. The second-order valence-electron chi connectivity index (χ2n) is 16.3. The second-order valence-corrected chi connectivity index (χ2v) is 16.3. The Morgan fingerprint density at radius 3 is 1.09 bits per heavy atom. The average molecular weight is 752 g/mol. The van der Waals surface area contributed by atoms with Gasteiger partial charge in [-0.1, -0.05) is 130 Å². The van der Waals surface area contributed by atoms with Crippen LogP contribution in [-0.2, 0) is 28.6 Å². The first-order valence-corrected chi connectivity index (χ1v) is 22.9. The van der Waals surface area contributed by atoms with Gasteiger partial charge in [-0.15, -0.1) is 0 Å². The van der Waals surface area contributed by atoms with E-state index in [1.165, 1.54) is 103 Å². The highest BCUT2D eigenvalue weighted by Gasteiger charge is 2.19. The van der Waals surface area contributed by atoms with Crippen molar-refractivity contribution >= 4 is 17.9 Å². The third-order valence-corrected chi connectivity index (χ3v) is 10.6. The quantitative estimate of drug-likeness (QED) is 0.0350. The van der Waals surface area contributed by atoms with Gasteiger partial charge in [-0.25, -0.2) is 0 Å².